The van der Waals surface area contributed by atoms with Crippen LogP contribution >= 0.6 is 11.6 Å². The molecule has 1 aliphatic carbocycles. The topological polar surface area (TPSA) is 57.0 Å². The number of hydrogen-bond acceptors (Lipinski definition) is 3. The average molecular weight is 326 g/mol. The van der Waals surface area contributed by atoms with Crippen molar-refractivity contribution in [1.29, 1.82) is 5.26 Å². The van der Waals surface area contributed by atoms with Gasteiger partial charge in [-0.15, -0.1) is 0 Å². The summed E-state index contributed by atoms with van der Waals surface area (Å²) in [7, 11) is 0. The van der Waals surface area contributed by atoms with Crippen molar-refractivity contribution in [2.75, 3.05) is 11.4 Å². The predicted octanol–water partition coefficient (Wildman–Crippen LogP) is 3.97. The zero-order chi connectivity index (χ0) is 16.4. The molecule has 0 spiro atoms. The highest BCUT2D eigenvalue weighted by molar-refractivity contribution is 6.31. The van der Waals surface area contributed by atoms with Gasteiger partial charge in [-0.3, -0.25) is 4.79 Å². The van der Waals surface area contributed by atoms with Gasteiger partial charge in [0, 0.05) is 17.3 Å². The van der Waals surface area contributed by atoms with E-state index >= 15 is 0 Å². The Kier molecular flexibility index (Phi) is 4.31. The minimum absolute atomic E-state index is 0.195. The standard InChI is InChI=1S/C18H16ClN3O/c1-12-3-2-4-16(21-12)18(23)22(11-13-5-6-13)17-9-15(19)8-7-14(17)10-20/h2-4,7-9,13H,5-6,11H2,1H3. The molecular weight excluding hydrogens is 310 g/mol. The summed E-state index contributed by atoms with van der Waals surface area (Å²) in [5, 5.41) is 9.86. The van der Waals surface area contributed by atoms with Gasteiger partial charge in [0.2, 0.25) is 0 Å². The number of nitrogens with zero attached hydrogens (tertiary/aromatic N) is 3. The summed E-state index contributed by atoms with van der Waals surface area (Å²) in [6, 6.07) is 12.5. The van der Waals surface area contributed by atoms with Gasteiger partial charge in [-0.05, 0) is 56.0 Å². The van der Waals surface area contributed by atoms with Crippen molar-refractivity contribution >= 4 is 23.2 Å². The van der Waals surface area contributed by atoms with Gasteiger partial charge < -0.3 is 4.90 Å². The highest BCUT2D eigenvalue weighted by atomic mass is 35.5. The number of hydrogen-bond donors (Lipinski definition) is 0. The summed E-state index contributed by atoms with van der Waals surface area (Å²) in [4.78, 5) is 18.9. The monoisotopic (exact) mass is 325 g/mol. The molecule has 0 unspecified atom stereocenters. The molecule has 1 aromatic heterocycles. The second-order valence-corrected chi connectivity index (χ2v) is 6.23. The maximum Gasteiger partial charge on any atom is 0.276 e. The first-order valence-electron chi connectivity index (χ1n) is 7.53. The van der Waals surface area contributed by atoms with Gasteiger partial charge in [0.15, 0.2) is 0 Å². The Hall–Kier alpha value is -2.38. The lowest BCUT2D eigenvalue weighted by Crippen LogP contribution is -2.34. The fraction of sp³-hybridized carbons (Fsp3) is 0.278. The van der Waals surface area contributed by atoms with Crippen molar-refractivity contribution in [3.63, 3.8) is 0 Å². The Morgan fingerprint density at radius 2 is 2.17 bits per heavy atom. The lowest BCUT2D eigenvalue weighted by atomic mass is 10.1. The number of carbonyl (C=O) groups excluding carboxylic acids is 1. The number of rotatable bonds is 4. The van der Waals surface area contributed by atoms with Crippen LogP contribution in [0.4, 0.5) is 5.69 Å². The molecule has 1 fully saturated rings. The van der Waals surface area contributed by atoms with E-state index in [1.807, 2.05) is 19.1 Å². The molecule has 0 saturated heterocycles. The second kappa shape index (κ2) is 6.39. The number of carbonyl (C=O) groups is 1. The zero-order valence-corrected chi connectivity index (χ0v) is 13.5. The molecule has 3 rings (SSSR count). The SMILES string of the molecule is Cc1cccc(C(=O)N(CC2CC2)c2cc(Cl)ccc2C#N)n1. The van der Waals surface area contributed by atoms with E-state index < -0.39 is 0 Å². The van der Waals surface area contributed by atoms with Gasteiger partial charge in [-0.25, -0.2) is 4.98 Å². The number of amides is 1. The van der Waals surface area contributed by atoms with Crippen LogP contribution in [0.1, 0.15) is 34.6 Å². The number of benzene rings is 1. The van der Waals surface area contributed by atoms with Crippen LogP contribution in [0.2, 0.25) is 5.02 Å². The fourth-order valence-electron chi connectivity index (χ4n) is 2.47. The lowest BCUT2D eigenvalue weighted by molar-refractivity contribution is 0.0980. The summed E-state index contributed by atoms with van der Waals surface area (Å²) in [5.74, 6) is 0.286. The van der Waals surface area contributed by atoms with Gasteiger partial charge in [-0.2, -0.15) is 5.26 Å². The Labute approximate surface area is 140 Å². The van der Waals surface area contributed by atoms with E-state index in [0.717, 1.165) is 18.5 Å². The fourth-order valence-corrected chi connectivity index (χ4v) is 2.64. The molecule has 5 heteroatoms. The molecule has 116 valence electrons. The Morgan fingerprint density at radius 1 is 1.39 bits per heavy atom. The minimum Gasteiger partial charge on any atom is -0.305 e. The Balaban J connectivity index is 2.03. The molecule has 1 heterocycles. The van der Waals surface area contributed by atoms with Crippen LogP contribution in [0, 0.1) is 24.2 Å². The number of anilines is 1. The van der Waals surface area contributed by atoms with Crippen molar-refractivity contribution in [2.45, 2.75) is 19.8 Å². The summed E-state index contributed by atoms with van der Waals surface area (Å²) < 4.78 is 0. The normalized spacial score (nSPS) is 13.4. The summed E-state index contributed by atoms with van der Waals surface area (Å²) >= 11 is 6.08. The number of nitriles is 1. The molecule has 4 nitrogen and oxygen atoms in total. The van der Waals surface area contributed by atoms with Crippen LogP contribution in [0.3, 0.4) is 0 Å². The number of aryl methyl sites for hydroxylation is 1. The lowest BCUT2D eigenvalue weighted by Gasteiger charge is -2.24. The molecule has 0 aliphatic heterocycles. The molecule has 0 atom stereocenters. The maximum atomic E-state index is 13.0. The quantitative estimate of drug-likeness (QED) is 0.854. The van der Waals surface area contributed by atoms with E-state index in [0.29, 0.717) is 34.4 Å². The van der Waals surface area contributed by atoms with Gasteiger partial charge in [0.05, 0.1) is 11.3 Å². The molecule has 0 bridgehead atoms. The van der Waals surface area contributed by atoms with Crippen LogP contribution in [-0.2, 0) is 0 Å². The third-order valence-electron chi connectivity index (χ3n) is 3.86. The number of pyridine rings is 1. The Bertz CT molecular complexity index is 793. The first-order valence-corrected chi connectivity index (χ1v) is 7.91. The zero-order valence-electron chi connectivity index (χ0n) is 12.8. The van der Waals surface area contributed by atoms with Crippen LogP contribution in [-0.4, -0.2) is 17.4 Å². The van der Waals surface area contributed by atoms with Crippen molar-refractivity contribution < 1.29 is 4.79 Å². The van der Waals surface area contributed by atoms with Crippen molar-refractivity contribution in [3.05, 3.63) is 58.4 Å². The molecule has 0 N–H and O–H groups in total. The van der Waals surface area contributed by atoms with Crippen LogP contribution in [0.5, 0.6) is 0 Å². The molecule has 1 amide bonds. The van der Waals surface area contributed by atoms with Gasteiger partial charge in [0.25, 0.3) is 5.91 Å². The van der Waals surface area contributed by atoms with E-state index in [1.165, 1.54) is 0 Å². The van der Waals surface area contributed by atoms with E-state index in [1.54, 1.807) is 29.2 Å². The molecule has 1 aromatic carbocycles. The van der Waals surface area contributed by atoms with Gasteiger partial charge in [-0.1, -0.05) is 17.7 Å². The smallest absolute Gasteiger partial charge is 0.276 e. The number of halogens is 1. The molecule has 23 heavy (non-hydrogen) atoms. The second-order valence-electron chi connectivity index (χ2n) is 5.80. The van der Waals surface area contributed by atoms with Crippen molar-refractivity contribution in [3.8, 4) is 6.07 Å². The summed E-state index contributed by atoms with van der Waals surface area (Å²) in [6.45, 7) is 2.44. The van der Waals surface area contributed by atoms with E-state index in [2.05, 4.69) is 11.1 Å². The first kappa shape index (κ1) is 15.5. The summed E-state index contributed by atoms with van der Waals surface area (Å²) in [5.41, 5.74) is 2.17. The van der Waals surface area contributed by atoms with E-state index in [-0.39, 0.29) is 5.91 Å². The molecule has 0 radical (unpaired) electrons. The minimum atomic E-state index is -0.195. The summed E-state index contributed by atoms with van der Waals surface area (Å²) in [6.07, 6.45) is 2.21. The third-order valence-corrected chi connectivity index (χ3v) is 4.10. The maximum absolute atomic E-state index is 13.0. The van der Waals surface area contributed by atoms with Crippen LogP contribution in [0.25, 0.3) is 0 Å². The van der Waals surface area contributed by atoms with E-state index in [9.17, 15) is 10.1 Å². The largest absolute Gasteiger partial charge is 0.305 e. The van der Waals surface area contributed by atoms with Crippen molar-refractivity contribution in [1.82, 2.24) is 4.98 Å². The molecule has 1 saturated carbocycles. The molecular formula is C18H16ClN3O. The highest BCUT2D eigenvalue weighted by Crippen LogP contribution is 2.34. The highest BCUT2D eigenvalue weighted by Gasteiger charge is 2.30. The van der Waals surface area contributed by atoms with Gasteiger partial charge >= 0.3 is 0 Å². The van der Waals surface area contributed by atoms with Crippen LogP contribution in [0.15, 0.2) is 36.4 Å². The number of aromatic nitrogens is 1. The first-order chi connectivity index (χ1) is 11.1. The predicted molar refractivity (Wildman–Crippen MR) is 89.5 cm³/mol. The Morgan fingerprint density at radius 3 is 2.83 bits per heavy atom. The average Bonchev–Trinajstić information content (AvgIpc) is 3.36. The molecule has 2 aromatic rings. The van der Waals surface area contributed by atoms with Crippen LogP contribution < -0.4 is 4.90 Å². The molecule has 1 aliphatic rings. The van der Waals surface area contributed by atoms with Gasteiger partial charge in [0.1, 0.15) is 11.8 Å². The van der Waals surface area contributed by atoms with E-state index in [4.69, 9.17) is 11.6 Å². The van der Waals surface area contributed by atoms with Crippen molar-refractivity contribution in [2.24, 2.45) is 5.92 Å². The third kappa shape index (κ3) is 3.52.